The number of rotatable bonds is 4. The van der Waals surface area contributed by atoms with Gasteiger partial charge in [-0.3, -0.25) is 10.1 Å². The van der Waals surface area contributed by atoms with Crippen LogP contribution in [0.2, 0.25) is 5.28 Å². The lowest BCUT2D eigenvalue weighted by Gasteiger charge is -2.28. The molecular weight excluding hydrogens is 270 g/mol. The largest absolute Gasteiger partial charge is 0.469 e. The van der Waals surface area contributed by atoms with Gasteiger partial charge < -0.3 is 4.74 Å². The molecule has 0 saturated heterocycles. The zero-order chi connectivity index (χ0) is 13.8. The van der Waals surface area contributed by atoms with E-state index in [9.17, 15) is 10.1 Å². The average molecular weight is 286 g/mol. The van der Waals surface area contributed by atoms with Crippen LogP contribution in [0.4, 0.5) is 5.69 Å². The van der Waals surface area contributed by atoms with Crippen molar-refractivity contribution in [3.8, 4) is 5.88 Å². The summed E-state index contributed by atoms with van der Waals surface area (Å²) >= 11 is 5.67. The molecule has 1 saturated carbocycles. The van der Waals surface area contributed by atoms with Crippen molar-refractivity contribution in [3.05, 3.63) is 21.6 Å². The van der Waals surface area contributed by atoms with Crippen LogP contribution in [0, 0.1) is 16.0 Å². The quantitative estimate of drug-likeness (QED) is 0.481. The summed E-state index contributed by atoms with van der Waals surface area (Å²) in [5.74, 6) is 0.599. The molecule has 1 aromatic rings. The Labute approximate surface area is 116 Å². The molecule has 6 nitrogen and oxygen atoms in total. The number of ether oxygens (including phenoxy) is 1. The van der Waals surface area contributed by atoms with Gasteiger partial charge in [-0.25, -0.2) is 4.98 Å². The van der Waals surface area contributed by atoms with Gasteiger partial charge in [0, 0.05) is 0 Å². The van der Waals surface area contributed by atoms with E-state index in [-0.39, 0.29) is 23.0 Å². The maximum absolute atomic E-state index is 10.9. The Kier molecular flexibility index (Phi) is 4.52. The summed E-state index contributed by atoms with van der Waals surface area (Å²) in [5, 5.41) is 10.9. The molecule has 0 radical (unpaired) electrons. The Hall–Kier alpha value is -1.43. The van der Waals surface area contributed by atoms with Crippen molar-refractivity contribution in [3.63, 3.8) is 0 Å². The fraction of sp³-hybridized carbons (Fsp3) is 0.667. The lowest BCUT2D eigenvalue weighted by molar-refractivity contribution is -0.386. The molecule has 0 aliphatic heterocycles. The van der Waals surface area contributed by atoms with Gasteiger partial charge in [0.2, 0.25) is 5.28 Å². The van der Waals surface area contributed by atoms with Crippen LogP contribution in [-0.2, 0) is 0 Å². The highest BCUT2D eigenvalue weighted by Crippen LogP contribution is 2.32. The second-order valence-corrected chi connectivity index (χ2v) is 5.11. The molecule has 1 fully saturated rings. The molecule has 0 N–H and O–H groups in total. The van der Waals surface area contributed by atoms with Crippen LogP contribution in [-0.4, -0.2) is 21.0 Å². The molecule has 1 aliphatic carbocycles. The minimum absolute atomic E-state index is 0.0215. The Balaban J connectivity index is 2.13. The zero-order valence-electron chi connectivity index (χ0n) is 10.7. The zero-order valence-corrected chi connectivity index (χ0v) is 11.5. The summed E-state index contributed by atoms with van der Waals surface area (Å²) in [6, 6.07) is 0. The monoisotopic (exact) mass is 285 g/mol. The van der Waals surface area contributed by atoms with Crippen LogP contribution in [0.25, 0.3) is 0 Å². The van der Waals surface area contributed by atoms with E-state index < -0.39 is 4.92 Å². The molecule has 2 rings (SSSR count). The molecule has 0 aromatic carbocycles. The highest BCUT2D eigenvalue weighted by Gasteiger charge is 2.26. The molecule has 7 heteroatoms. The number of aromatic nitrogens is 2. The number of nitrogens with zero attached hydrogens (tertiary/aromatic N) is 3. The molecule has 1 aliphatic rings. The molecule has 0 bridgehead atoms. The predicted octanol–water partition coefficient (Wildman–Crippen LogP) is 3.39. The topological polar surface area (TPSA) is 78.2 Å². The molecule has 0 amide bonds. The van der Waals surface area contributed by atoms with E-state index in [1.165, 1.54) is 6.42 Å². The van der Waals surface area contributed by atoms with Gasteiger partial charge in [-0.2, -0.15) is 4.98 Å². The predicted molar refractivity (Wildman–Crippen MR) is 70.4 cm³/mol. The van der Waals surface area contributed by atoms with E-state index in [0.29, 0.717) is 5.92 Å². The van der Waals surface area contributed by atoms with Crippen molar-refractivity contribution in [2.45, 2.75) is 45.1 Å². The summed E-state index contributed by atoms with van der Waals surface area (Å²) in [5.41, 5.74) is -0.233. The van der Waals surface area contributed by atoms with E-state index >= 15 is 0 Å². The molecule has 104 valence electrons. The second-order valence-electron chi connectivity index (χ2n) is 4.77. The fourth-order valence-corrected chi connectivity index (χ4v) is 2.55. The smallest absolute Gasteiger partial charge is 0.349 e. The molecule has 0 spiro atoms. The first-order chi connectivity index (χ1) is 9.10. The van der Waals surface area contributed by atoms with E-state index in [1.54, 1.807) is 0 Å². The van der Waals surface area contributed by atoms with Crippen LogP contribution < -0.4 is 4.74 Å². The van der Waals surface area contributed by atoms with E-state index in [2.05, 4.69) is 16.9 Å². The first-order valence-corrected chi connectivity index (χ1v) is 6.81. The first-order valence-electron chi connectivity index (χ1n) is 6.43. The van der Waals surface area contributed by atoms with Crippen molar-refractivity contribution in [2.24, 2.45) is 5.92 Å². The molecular formula is C12H16ClN3O3. The average Bonchev–Trinajstić information content (AvgIpc) is 2.38. The van der Waals surface area contributed by atoms with Crippen LogP contribution in [0.3, 0.4) is 0 Å². The summed E-state index contributed by atoms with van der Waals surface area (Å²) in [6.45, 7) is 2.15. The normalized spacial score (nSPS) is 23.1. The Morgan fingerprint density at radius 2 is 2.37 bits per heavy atom. The van der Waals surface area contributed by atoms with E-state index in [4.69, 9.17) is 16.3 Å². The summed E-state index contributed by atoms with van der Waals surface area (Å²) < 4.78 is 5.68. The van der Waals surface area contributed by atoms with Gasteiger partial charge in [0.05, 0.1) is 4.92 Å². The van der Waals surface area contributed by atoms with E-state index in [1.807, 2.05) is 0 Å². The Morgan fingerprint density at radius 3 is 3.05 bits per heavy atom. The van der Waals surface area contributed by atoms with Crippen molar-refractivity contribution in [2.75, 3.05) is 0 Å². The van der Waals surface area contributed by atoms with Gasteiger partial charge in [-0.1, -0.05) is 19.8 Å². The number of hydrogen-bond acceptors (Lipinski definition) is 5. The number of halogens is 1. The van der Waals surface area contributed by atoms with E-state index in [0.717, 1.165) is 31.9 Å². The Bertz CT molecular complexity index is 470. The minimum Gasteiger partial charge on any atom is -0.469 e. The van der Waals surface area contributed by atoms with Crippen LogP contribution in [0.15, 0.2) is 6.20 Å². The maximum atomic E-state index is 10.9. The number of nitro groups is 1. The fourth-order valence-electron chi connectivity index (χ4n) is 2.43. The summed E-state index contributed by atoms with van der Waals surface area (Å²) in [6.07, 6.45) is 6.25. The SMILES string of the molecule is CCC1CCCC(Oc2nc(Cl)ncc2[N+](=O)[O-])C1. The second kappa shape index (κ2) is 6.14. The van der Waals surface area contributed by atoms with Gasteiger partial charge >= 0.3 is 5.69 Å². The van der Waals surface area contributed by atoms with Crippen LogP contribution in [0.5, 0.6) is 5.88 Å². The molecule has 1 aromatic heterocycles. The lowest BCUT2D eigenvalue weighted by atomic mass is 9.85. The van der Waals surface area contributed by atoms with Crippen molar-refractivity contribution >= 4 is 17.3 Å². The summed E-state index contributed by atoms with van der Waals surface area (Å²) in [7, 11) is 0. The van der Waals surface area contributed by atoms with Crippen LogP contribution >= 0.6 is 11.6 Å². The summed E-state index contributed by atoms with van der Waals surface area (Å²) in [4.78, 5) is 17.8. The molecule has 19 heavy (non-hydrogen) atoms. The van der Waals surface area contributed by atoms with Crippen molar-refractivity contribution < 1.29 is 9.66 Å². The third kappa shape index (κ3) is 3.53. The molecule has 2 unspecified atom stereocenters. The Morgan fingerprint density at radius 1 is 1.58 bits per heavy atom. The van der Waals surface area contributed by atoms with Crippen LogP contribution in [0.1, 0.15) is 39.0 Å². The highest BCUT2D eigenvalue weighted by atomic mass is 35.5. The standard InChI is InChI=1S/C12H16ClN3O3/c1-2-8-4-3-5-9(6-8)19-11-10(16(17)18)7-14-12(13)15-11/h7-9H,2-6H2,1H3. The highest BCUT2D eigenvalue weighted by molar-refractivity contribution is 6.28. The van der Waals surface area contributed by atoms with Crippen molar-refractivity contribution in [1.82, 2.24) is 9.97 Å². The lowest BCUT2D eigenvalue weighted by Crippen LogP contribution is -2.25. The van der Waals surface area contributed by atoms with Gasteiger partial charge in [0.25, 0.3) is 5.88 Å². The van der Waals surface area contributed by atoms with Gasteiger partial charge in [-0.15, -0.1) is 0 Å². The van der Waals surface area contributed by atoms with Crippen molar-refractivity contribution in [1.29, 1.82) is 0 Å². The van der Waals surface area contributed by atoms with Gasteiger partial charge in [0.15, 0.2) is 0 Å². The third-order valence-electron chi connectivity index (χ3n) is 3.49. The van der Waals surface area contributed by atoms with Gasteiger partial charge in [0.1, 0.15) is 12.3 Å². The third-order valence-corrected chi connectivity index (χ3v) is 3.68. The first kappa shape index (κ1) is 14.0. The number of hydrogen-bond donors (Lipinski definition) is 0. The maximum Gasteiger partial charge on any atom is 0.349 e. The minimum atomic E-state index is -0.550. The van der Waals surface area contributed by atoms with Gasteiger partial charge in [-0.05, 0) is 36.8 Å². The molecule has 2 atom stereocenters. The molecule has 1 heterocycles.